The number of aryl methyl sites for hydroxylation is 1. The van der Waals surface area contributed by atoms with Gasteiger partial charge in [-0.2, -0.15) is 0 Å². The lowest BCUT2D eigenvalue weighted by Gasteiger charge is -2.36. The van der Waals surface area contributed by atoms with E-state index in [1.807, 2.05) is 85.2 Å². The van der Waals surface area contributed by atoms with Crippen LogP contribution in [0.5, 0.6) is 0 Å². The summed E-state index contributed by atoms with van der Waals surface area (Å²) >= 11 is 1.59. The summed E-state index contributed by atoms with van der Waals surface area (Å²) in [6, 6.07) is 6.06. The molecular weight excluding hydrogens is 500 g/mol. The number of carbonyl (C=O) groups is 3. The van der Waals surface area contributed by atoms with Gasteiger partial charge in [-0.05, 0) is 35.8 Å². The zero-order valence-corrected chi connectivity index (χ0v) is 24.6. The van der Waals surface area contributed by atoms with E-state index in [-0.39, 0.29) is 48.6 Å². The van der Waals surface area contributed by atoms with E-state index >= 15 is 0 Å². The molecule has 3 rings (SSSR count). The van der Waals surface area contributed by atoms with Gasteiger partial charge < -0.3 is 20.6 Å². The SMILES string of the molecule is Cc1ncsc1-c1ccc([C@H](C)NC(=O)[C@@H]2C[C@H](O)CN2C(=O)[C@@H](NC(=O)CC(C)(C)C)C(C)(C)C)cc1. The van der Waals surface area contributed by atoms with Gasteiger partial charge in [0.15, 0.2) is 0 Å². The number of carbonyl (C=O) groups excluding carboxylic acids is 3. The molecule has 4 atom stereocenters. The Kier molecular flexibility index (Phi) is 9.04. The number of aromatic nitrogens is 1. The molecule has 1 aromatic carbocycles. The van der Waals surface area contributed by atoms with E-state index in [0.717, 1.165) is 21.7 Å². The Morgan fingerprint density at radius 3 is 2.26 bits per heavy atom. The van der Waals surface area contributed by atoms with Crippen LogP contribution < -0.4 is 10.6 Å². The van der Waals surface area contributed by atoms with Crippen LogP contribution in [-0.4, -0.2) is 57.4 Å². The molecule has 1 saturated heterocycles. The third-order valence-electron chi connectivity index (χ3n) is 6.75. The molecule has 3 N–H and O–H groups in total. The van der Waals surface area contributed by atoms with Gasteiger partial charge in [-0.15, -0.1) is 11.3 Å². The maximum absolute atomic E-state index is 13.7. The summed E-state index contributed by atoms with van der Waals surface area (Å²) in [4.78, 5) is 46.6. The van der Waals surface area contributed by atoms with Crippen LogP contribution in [-0.2, 0) is 14.4 Å². The van der Waals surface area contributed by atoms with Gasteiger partial charge in [0.1, 0.15) is 12.1 Å². The van der Waals surface area contributed by atoms with Crippen LogP contribution >= 0.6 is 11.3 Å². The smallest absolute Gasteiger partial charge is 0.246 e. The van der Waals surface area contributed by atoms with E-state index in [1.165, 1.54) is 4.90 Å². The normalized spacial score (nSPS) is 19.7. The predicted molar refractivity (Wildman–Crippen MR) is 150 cm³/mol. The summed E-state index contributed by atoms with van der Waals surface area (Å²) in [6.45, 7) is 15.5. The third kappa shape index (κ3) is 7.41. The number of β-amino-alcohol motifs (C(OH)–C–C–N with tert-alkyl or cyclic N) is 1. The number of thiazole rings is 1. The van der Waals surface area contributed by atoms with Crippen molar-refractivity contribution in [3.63, 3.8) is 0 Å². The summed E-state index contributed by atoms with van der Waals surface area (Å²) in [5.74, 6) is -0.885. The highest BCUT2D eigenvalue weighted by molar-refractivity contribution is 7.13. The maximum Gasteiger partial charge on any atom is 0.246 e. The first-order valence-electron chi connectivity index (χ1n) is 13.2. The molecule has 1 aliphatic rings. The second-order valence-corrected chi connectivity index (χ2v) is 13.5. The van der Waals surface area contributed by atoms with Crippen molar-refractivity contribution in [2.24, 2.45) is 10.8 Å². The van der Waals surface area contributed by atoms with Gasteiger partial charge in [-0.25, -0.2) is 4.98 Å². The molecule has 0 saturated carbocycles. The number of likely N-dealkylation sites (tertiary alicyclic amines) is 1. The van der Waals surface area contributed by atoms with Gasteiger partial charge >= 0.3 is 0 Å². The van der Waals surface area contributed by atoms with Crippen LogP contribution in [0.25, 0.3) is 10.4 Å². The van der Waals surface area contributed by atoms with Gasteiger partial charge in [0.25, 0.3) is 0 Å². The van der Waals surface area contributed by atoms with Crippen molar-refractivity contribution in [1.29, 1.82) is 0 Å². The molecule has 38 heavy (non-hydrogen) atoms. The molecule has 8 nitrogen and oxygen atoms in total. The minimum atomic E-state index is -0.821. The first-order chi connectivity index (χ1) is 17.6. The molecule has 3 amide bonds. The summed E-state index contributed by atoms with van der Waals surface area (Å²) < 4.78 is 0. The second-order valence-electron chi connectivity index (χ2n) is 12.6. The number of aliphatic hydroxyl groups excluding tert-OH is 1. The number of hydrogen-bond acceptors (Lipinski definition) is 6. The van der Waals surface area contributed by atoms with E-state index in [1.54, 1.807) is 11.3 Å². The first kappa shape index (κ1) is 29.8. The maximum atomic E-state index is 13.7. The fraction of sp³-hybridized carbons (Fsp3) is 0.586. The highest BCUT2D eigenvalue weighted by Crippen LogP contribution is 2.30. The lowest BCUT2D eigenvalue weighted by atomic mass is 9.84. The van der Waals surface area contributed by atoms with Gasteiger partial charge in [0, 0.05) is 19.4 Å². The Labute approximate surface area is 230 Å². The number of aliphatic hydroxyl groups is 1. The van der Waals surface area contributed by atoms with E-state index in [2.05, 4.69) is 15.6 Å². The lowest BCUT2D eigenvalue weighted by molar-refractivity contribution is -0.144. The number of nitrogens with one attached hydrogen (secondary N) is 2. The molecule has 0 spiro atoms. The molecule has 1 fully saturated rings. The topological polar surface area (TPSA) is 112 Å². The zero-order valence-electron chi connectivity index (χ0n) is 23.8. The highest BCUT2D eigenvalue weighted by atomic mass is 32.1. The van der Waals surface area contributed by atoms with E-state index < -0.39 is 23.6 Å². The van der Waals surface area contributed by atoms with Crippen molar-refractivity contribution < 1.29 is 19.5 Å². The van der Waals surface area contributed by atoms with Crippen molar-refractivity contribution in [3.8, 4) is 10.4 Å². The van der Waals surface area contributed by atoms with E-state index in [4.69, 9.17) is 0 Å². The minimum Gasteiger partial charge on any atom is -0.391 e. The van der Waals surface area contributed by atoms with Crippen LogP contribution in [0.2, 0.25) is 0 Å². The fourth-order valence-electron chi connectivity index (χ4n) is 4.71. The van der Waals surface area contributed by atoms with Crippen LogP contribution in [0.4, 0.5) is 0 Å². The molecule has 208 valence electrons. The average Bonchev–Trinajstić information content (AvgIpc) is 3.40. The Morgan fingerprint density at radius 1 is 1.11 bits per heavy atom. The second kappa shape index (κ2) is 11.5. The fourth-order valence-corrected chi connectivity index (χ4v) is 5.52. The van der Waals surface area contributed by atoms with Gasteiger partial charge in [0.05, 0.1) is 28.2 Å². The molecule has 0 unspecified atom stereocenters. The molecular formula is C29H42N4O4S. The molecule has 9 heteroatoms. The van der Waals surface area contributed by atoms with Crippen LogP contribution in [0, 0.1) is 17.8 Å². The van der Waals surface area contributed by atoms with Crippen LogP contribution in [0.3, 0.4) is 0 Å². The standard InChI is InChI=1S/C29H42N4O4S/c1-17(19-9-11-20(12-10-19)24-18(2)30-16-38-24)31-26(36)22-13-21(34)15-33(22)27(37)25(29(6,7)8)32-23(35)14-28(3,4)5/h9-12,16-17,21-22,25,34H,13-15H2,1-8H3,(H,31,36)(H,32,35)/t17-,21-,22-,25+/m0/s1. The lowest BCUT2D eigenvalue weighted by Crippen LogP contribution is -2.58. The van der Waals surface area contributed by atoms with Crippen molar-refractivity contribution >= 4 is 29.1 Å². The van der Waals surface area contributed by atoms with Gasteiger partial charge in [-0.3, -0.25) is 14.4 Å². The summed E-state index contributed by atoms with van der Waals surface area (Å²) in [5.41, 5.74) is 4.01. The minimum absolute atomic E-state index is 0.0515. The molecule has 2 heterocycles. The van der Waals surface area contributed by atoms with Crippen molar-refractivity contribution in [2.75, 3.05) is 6.54 Å². The number of benzene rings is 1. The number of hydrogen-bond donors (Lipinski definition) is 3. The summed E-state index contributed by atoms with van der Waals surface area (Å²) in [5, 5.41) is 16.3. The monoisotopic (exact) mass is 542 g/mol. The Morgan fingerprint density at radius 2 is 1.74 bits per heavy atom. The largest absolute Gasteiger partial charge is 0.391 e. The predicted octanol–water partition coefficient (Wildman–Crippen LogP) is 4.22. The Balaban J connectivity index is 1.72. The van der Waals surface area contributed by atoms with Crippen molar-refractivity contribution in [2.45, 2.75) is 92.5 Å². The molecule has 0 bridgehead atoms. The zero-order chi connectivity index (χ0) is 28.4. The van der Waals surface area contributed by atoms with Gasteiger partial charge in [-0.1, -0.05) is 65.8 Å². The molecule has 1 aromatic heterocycles. The van der Waals surface area contributed by atoms with E-state index in [9.17, 15) is 19.5 Å². The highest BCUT2D eigenvalue weighted by Gasteiger charge is 2.44. The first-order valence-corrected chi connectivity index (χ1v) is 14.0. The number of rotatable bonds is 7. The third-order valence-corrected chi connectivity index (χ3v) is 7.73. The average molecular weight is 543 g/mol. The molecule has 0 radical (unpaired) electrons. The number of amides is 3. The van der Waals surface area contributed by atoms with Gasteiger partial charge in [0.2, 0.25) is 17.7 Å². The Bertz CT molecular complexity index is 1150. The van der Waals surface area contributed by atoms with Crippen molar-refractivity contribution in [1.82, 2.24) is 20.5 Å². The number of nitrogens with zero attached hydrogens (tertiary/aromatic N) is 2. The van der Waals surface area contributed by atoms with Crippen LogP contribution in [0.15, 0.2) is 29.8 Å². The summed E-state index contributed by atoms with van der Waals surface area (Å²) in [6.07, 6.45) is -0.378. The Hall–Kier alpha value is -2.78. The van der Waals surface area contributed by atoms with E-state index in [0.29, 0.717) is 0 Å². The molecule has 0 aliphatic carbocycles. The summed E-state index contributed by atoms with van der Waals surface area (Å²) in [7, 11) is 0. The quantitative estimate of drug-likeness (QED) is 0.485. The van der Waals surface area contributed by atoms with Crippen molar-refractivity contribution in [3.05, 3.63) is 41.0 Å². The molecule has 2 aromatic rings. The molecule has 1 aliphatic heterocycles. The van der Waals surface area contributed by atoms with Crippen LogP contribution in [0.1, 0.15) is 78.6 Å².